The monoisotopic (exact) mass is 246 g/mol. The number of fused-ring (bicyclic) bond motifs is 5. The van der Waals surface area contributed by atoms with Crippen LogP contribution in [-0.4, -0.2) is 0 Å². The Morgan fingerprint density at radius 3 is 2.74 bits per heavy atom. The minimum atomic E-state index is 0.840. The third kappa shape index (κ3) is 1.54. The summed E-state index contributed by atoms with van der Waals surface area (Å²) in [4.78, 5) is 0. The molecule has 2 heteroatoms. The van der Waals surface area contributed by atoms with E-state index in [1.54, 1.807) is 0 Å². The van der Waals surface area contributed by atoms with Gasteiger partial charge in [-0.1, -0.05) is 42.5 Å². The molecule has 0 fully saturated rings. The van der Waals surface area contributed by atoms with E-state index in [2.05, 4.69) is 28.8 Å². The van der Waals surface area contributed by atoms with Gasteiger partial charge < -0.3 is 4.42 Å². The smallest absolute Gasteiger partial charge is 0.379 e. The Balaban J connectivity index is 2.16. The molecule has 0 aliphatic carbocycles. The van der Waals surface area contributed by atoms with Crippen molar-refractivity contribution in [3.63, 3.8) is 0 Å². The van der Waals surface area contributed by atoms with Crippen molar-refractivity contribution in [3.05, 3.63) is 66.6 Å². The number of allylic oxidation sites excluding steroid dienone is 4. The standard InChI is InChI=1S/C17H12NO/c1-2-6-12-18-15-11-10-13-7-4-5-8-14(13)17(15)19-16(18)9-3-1/h1-12H/q+1/b2-1?,3-1?,6-2?,9-3?,12-6-,16-9?,18-12?. The summed E-state index contributed by atoms with van der Waals surface area (Å²) in [7, 11) is 0. The van der Waals surface area contributed by atoms with Gasteiger partial charge in [-0.15, -0.1) is 4.57 Å². The van der Waals surface area contributed by atoms with Crippen molar-refractivity contribution in [2.45, 2.75) is 0 Å². The van der Waals surface area contributed by atoms with Crippen LogP contribution in [0.2, 0.25) is 0 Å². The van der Waals surface area contributed by atoms with Gasteiger partial charge in [-0.05, 0) is 11.5 Å². The average Bonchev–Trinajstić information content (AvgIpc) is 2.76. The minimum Gasteiger partial charge on any atom is -0.397 e. The molecule has 2 nitrogen and oxygen atoms in total. The van der Waals surface area contributed by atoms with Crippen LogP contribution in [0.1, 0.15) is 5.89 Å². The highest BCUT2D eigenvalue weighted by atomic mass is 16.4. The highest BCUT2D eigenvalue weighted by Crippen LogP contribution is 2.25. The van der Waals surface area contributed by atoms with Crippen molar-refractivity contribution in [2.75, 3.05) is 0 Å². The zero-order valence-corrected chi connectivity index (χ0v) is 10.3. The van der Waals surface area contributed by atoms with E-state index in [4.69, 9.17) is 4.42 Å². The SMILES string of the molecule is C1=C/C=C\[n+]2c(oc3c4ccccc4ccc32)C=C1. The molecule has 90 valence electrons. The minimum absolute atomic E-state index is 0.840. The van der Waals surface area contributed by atoms with Gasteiger partial charge in [-0.3, -0.25) is 0 Å². The zero-order valence-electron chi connectivity index (χ0n) is 10.3. The Morgan fingerprint density at radius 2 is 1.74 bits per heavy atom. The number of hydrogen-bond acceptors (Lipinski definition) is 1. The number of oxazole rings is 1. The van der Waals surface area contributed by atoms with Crippen LogP contribution in [0.4, 0.5) is 0 Å². The lowest BCUT2D eigenvalue weighted by molar-refractivity contribution is -0.547. The molecular formula is C17H12NO+. The first-order chi connectivity index (χ1) is 9.43. The first kappa shape index (κ1) is 10.3. The van der Waals surface area contributed by atoms with Gasteiger partial charge in [0.25, 0.3) is 5.52 Å². The second-order valence-electron chi connectivity index (χ2n) is 4.53. The summed E-state index contributed by atoms with van der Waals surface area (Å²) in [5, 5.41) is 2.34. The zero-order chi connectivity index (χ0) is 12.7. The molecule has 3 aromatic rings. The lowest BCUT2D eigenvalue weighted by Gasteiger charge is -1.94. The van der Waals surface area contributed by atoms with Crippen LogP contribution < -0.4 is 4.57 Å². The highest BCUT2D eigenvalue weighted by molar-refractivity contribution is 6.02. The van der Waals surface area contributed by atoms with E-state index in [0.717, 1.165) is 22.4 Å². The quantitative estimate of drug-likeness (QED) is 0.549. The molecule has 1 aromatic heterocycles. The molecule has 4 rings (SSSR count). The van der Waals surface area contributed by atoms with Crippen molar-refractivity contribution in [3.8, 4) is 0 Å². The van der Waals surface area contributed by atoms with E-state index in [0.29, 0.717) is 0 Å². The molecule has 0 saturated carbocycles. The van der Waals surface area contributed by atoms with Gasteiger partial charge in [0, 0.05) is 17.5 Å². The van der Waals surface area contributed by atoms with Crippen LogP contribution in [0.5, 0.6) is 0 Å². The maximum absolute atomic E-state index is 6.03. The Morgan fingerprint density at radius 1 is 0.842 bits per heavy atom. The predicted octanol–water partition coefficient (Wildman–Crippen LogP) is 3.93. The van der Waals surface area contributed by atoms with Crippen LogP contribution in [0, 0.1) is 0 Å². The Labute approximate surface area is 110 Å². The lowest BCUT2D eigenvalue weighted by Crippen LogP contribution is -2.27. The van der Waals surface area contributed by atoms with E-state index in [9.17, 15) is 0 Å². The topological polar surface area (TPSA) is 17.0 Å². The van der Waals surface area contributed by atoms with Gasteiger partial charge in [0.15, 0.2) is 6.20 Å². The summed E-state index contributed by atoms with van der Waals surface area (Å²) in [5.41, 5.74) is 2.02. The fraction of sp³-hybridized carbons (Fsp3) is 0. The van der Waals surface area contributed by atoms with Crippen molar-refractivity contribution in [1.29, 1.82) is 0 Å². The Kier molecular flexibility index (Phi) is 2.15. The third-order valence-electron chi connectivity index (χ3n) is 3.37. The number of hydrogen-bond donors (Lipinski definition) is 0. The predicted molar refractivity (Wildman–Crippen MR) is 77.4 cm³/mol. The van der Waals surface area contributed by atoms with E-state index in [-0.39, 0.29) is 0 Å². The number of aromatic nitrogens is 1. The lowest BCUT2D eigenvalue weighted by atomic mass is 10.1. The van der Waals surface area contributed by atoms with Crippen molar-refractivity contribution < 1.29 is 8.98 Å². The van der Waals surface area contributed by atoms with Crippen LogP contribution in [0.15, 0.2) is 65.1 Å². The summed E-state index contributed by atoms with van der Waals surface area (Å²) >= 11 is 0. The maximum Gasteiger partial charge on any atom is 0.379 e. The third-order valence-corrected chi connectivity index (χ3v) is 3.37. The van der Waals surface area contributed by atoms with Crippen LogP contribution in [0.3, 0.4) is 0 Å². The second-order valence-corrected chi connectivity index (χ2v) is 4.53. The first-order valence-electron chi connectivity index (χ1n) is 6.31. The van der Waals surface area contributed by atoms with E-state index < -0.39 is 0 Å². The van der Waals surface area contributed by atoms with Crippen LogP contribution >= 0.6 is 0 Å². The summed E-state index contributed by atoms with van der Waals surface area (Å²) in [6, 6.07) is 12.5. The Bertz CT molecular complexity index is 865. The van der Waals surface area contributed by atoms with Crippen LogP contribution in [-0.2, 0) is 0 Å². The second kappa shape index (κ2) is 3.95. The van der Waals surface area contributed by atoms with Crippen molar-refractivity contribution in [2.24, 2.45) is 0 Å². The molecular weight excluding hydrogens is 234 g/mol. The molecule has 0 saturated heterocycles. The molecule has 0 bridgehead atoms. The molecule has 0 amide bonds. The number of benzene rings is 2. The van der Waals surface area contributed by atoms with Gasteiger partial charge in [0.1, 0.15) is 0 Å². The summed E-state index contributed by atoms with van der Waals surface area (Å²) in [6.07, 6.45) is 12.0. The van der Waals surface area contributed by atoms with Crippen molar-refractivity contribution >= 4 is 34.1 Å². The fourth-order valence-electron chi connectivity index (χ4n) is 2.47. The van der Waals surface area contributed by atoms with E-state index in [1.165, 1.54) is 5.39 Å². The molecule has 0 N–H and O–H groups in total. The molecule has 0 unspecified atom stereocenters. The van der Waals surface area contributed by atoms with Crippen LogP contribution in [0.25, 0.3) is 34.1 Å². The molecule has 0 spiro atoms. The van der Waals surface area contributed by atoms with Crippen molar-refractivity contribution in [1.82, 2.24) is 0 Å². The van der Waals surface area contributed by atoms with Gasteiger partial charge in [-0.25, -0.2) is 0 Å². The maximum atomic E-state index is 6.03. The fourth-order valence-corrected chi connectivity index (χ4v) is 2.47. The molecule has 0 radical (unpaired) electrons. The molecule has 0 atom stereocenters. The molecule has 2 heterocycles. The Hall–Kier alpha value is -2.61. The van der Waals surface area contributed by atoms with Gasteiger partial charge >= 0.3 is 5.89 Å². The molecule has 2 aromatic carbocycles. The molecule has 1 aliphatic heterocycles. The normalized spacial score (nSPS) is 15.4. The van der Waals surface area contributed by atoms with Gasteiger partial charge in [-0.2, -0.15) is 0 Å². The van der Waals surface area contributed by atoms with E-state index in [1.807, 2.05) is 48.7 Å². The average molecular weight is 246 g/mol. The molecule has 19 heavy (non-hydrogen) atoms. The summed E-state index contributed by atoms with van der Waals surface area (Å²) in [5.74, 6) is 0.840. The number of rotatable bonds is 0. The summed E-state index contributed by atoms with van der Waals surface area (Å²) < 4.78 is 8.10. The summed E-state index contributed by atoms with van der Waals surface area (Å²) in [6.45, 7) is 0. The van der Waals surface area contributed by atoms with Gasteiger partial charge in [0.05, 0.1) is 6.08 Å². The largest absolute Gasteiger partial charge is 0.397 e. The first-order valence-corrected chi connectivity index (χ1v) is 6.31. The molecule has 1 aliphatic rings. The number of nitrogens with zero attached hydrogens (tertiary/aromatic N) is 1. The highest BCUT2D eigenvalue weighted by Gasteiger charge is 2.20. The van der Waals surface area contributed by atoms with Gasteiger partial charge in [0.2, 0.25) is 5.58 Å². The van der Waals surface area contributed by atoms with E-state index >= 15 is 0 Å².